The first-order valence-corrected chi connectivity index (χ1v) is 7.59. The van der Waals surface area contributed by atoms with Crippen molar-refractivity contribution in [3.05, 3.63) is 42.0 Å². The van der Waals surface area contributed by atoms with Crippen molar-refractivity contribution < 1.29 is 33.5 Å². The smallest absolute Gasteiger partial charge is 0.164 e. The zero-order valence-electron chi connectivity index (χ0n) is 10.7. The van der Waals surface area contributed by atoms with Crippen molar-refractivity contribution in [3.8, 4) is 0 Å². The zero-order chi connectivity index (χ0) is 15.0. The number of hydrogen-bond acceptors (Lipinski definition) is 4. The molecule has 1 aromatic rings. The quantitative estimate of drug-likeness (QED) is 0.613. The van der Waals surface area contributed by atoms with Gasteiger partial charge in [0, 0.05) is 18.9 Å². The van der Waals surface area contributed by atoms with Gasteiger partial charge in [-0.05, 0) is 5.56 Å². The molecular weight excluding hydrogens is 305 g/mol. The summed E-state index contributed by atoms with van der Waals surface area (Å²) in [5.74, 6) is 0. The van der Waals surface area contributed by atoms with E-state index in [-0.39, 0.29) is 0 Å². The standard InChI is InChI=1S/C13H15ClN.ClHO4/c14-13(12-6-2-1-3-7-12)8-11-15-9-4-5-10-15;2-1(3,4)5/h1-3,6-8,11H,4-5,9-10H2;(H,2,3,4,5)/q+1;/p-1/b13-8-;. The molecule has 7 heteroatoms. The third-order valence-electron chi connectivity index (χ3n) is 2.62. The highest BCUT2D eigenvalue weighted by atomic mass is 35.7. The van der Waals surface area contributed by atoms with E-state index in [4.69, 9.17) is 30.2 Å². The van der Waals surface area contributed by atoms with Crippen LogP contribution in [0.4, 0.5) is 0 Å². The van der Waals surface area contributed by atoms with E-state index in [1.807, 2.05) is 36.4 Å². The van der Waals surface area contributed by atoms with Gasteiger partial charge >= 0.3 is 0 Å². The van der Waals surface area contributed by atoms with Gasteiger partial charge in [0.1, 0.15) is 13.1 Å². The highest BCUT2D eigenvalue weighted by molar-refractivity contribution is 6.49. The predicted molar refractivity (Wildman–Crippen MR) is 65.6 cm³/mol. The van der Waals surface area contributed by atoms with E-state index in [1.54, 1.807) is 0 Å². The van der Waals surface area contributed by atoms with Crippen LogP contribution in [0.15, 0.2) is 36.4 Å². The molecule has 0 bridgehead atoms. The molecule has 0 aliphatic carbocycles. The van der Waals surface area contributed by atoms with Gasteiger partial charge in [-0.25, -0.2) is 23.2 Å². The number of hydrogen-bond donors (Lipinski definition) is 0. The molecule has 2 rings (SSSR count). The topological polar surface area (TPSA) is 95.2 Å². The van der Waals surface area contributed by atoms with Crippen LogP contribution in [-0.4, -0.2) is 23.9 Å². The normalized spacial score (nSPS) is 15.7. The monoisotopic (exact) mass is 319 g/mol. The van der Waals surface area contributed by atoms with Crippen LogP contribution < -0.4 is 18.6 Å². The van der Waals surface area contributed by atoms with Crippen LogP contribution in [0, 0.1) is 10.2 Å². The van der Waals surface area contributed by atoms with Crippen molar-refractivity contribution in [1.29, 1.82) is 0 Å². The molecule has 5 nitrogen and oxygen atoms in total. The summed E-state index contributed by atoms with van der Waals surface area (Å²) >= 11 is 6.19. The minimum absolute atomic E-state index is 0.808. The van der Waals surface area contributed by atoms with Crippen LogP contribution in [0.1, 0.15) is 18.4 Å². The number of nitrogens with zero attached hydrogens (tertiary/aromatic N) is 1. The van der Waals surface area contributed by atoms with E-state index in [0.717, 1.165) is 23.7 Å². The van der Waals surface area contributed by atoms with Gasteiger partial charge in [-0.3, -0.25) is 0 Å². The first kappa shape index (κ1) is 17.1. The maximum atomic E-state index is 8.49. The summed E-state index contributed by atoms with van der Waals surface area (Å²) in [4.78, 5) is 0. The van der Waals surface area contributed by atoms with Gasteiger partial charge < -0.3 is 0 Å². The fraction of sp³-hybridized carbons (Fsp3) is 0.308. The molecule has 20 heavy (non-hydrogen) atoms. The lowest BCUT2D eigenvalue weighted by atomic mass is 10.2. The van der Waals surface area contributed by atoms with E-state index in [0.29, 0.717) is 0 Å². The first-order chi connectivity index (χ1) is 9.36. The minimum atomic E-state index is -4.94. The molecular formula is C13H15Cl2NO4. The van der Waals surface area contributed by atoms with Crippen molar-refractivity contribution in [3.63, 3.8) is 0 Å². The summed E-state index contributed by atoms with van der Waals surface area (Å²) in [7, 11) is -4.94. The SMILES string of the molecule is Cl/C(=C\C=[N+]1CCCC1)c1ccccc1.[O-][Cl+3]([O-])([O-])[O-]. The molecule has 0 saturated carbocycles. The molecule has 1 aromatic carbocycles. The number of benzene rings is 1. The maximum Gasteiger partial charge on any atom is 0.164 e. The molecule has 1 aliphatic rings. The number of rotatable bonds is 2. The van der Waals surface area contributed by atoms with Crippen LogP contribution in [-0.2, 0) is 0 Å². The Morgan fingerprint density at radius 2 is 1.55 bits per heavy atom. The fourth-order valence-electron chi connectivity index (χ4n) is 1.76. The van der Waals surface area contributed by atoms with Gasteiger partial charge in [-0.15, -0.1) is 10.2 Å². The Balaban J connectivity index is 0.000000347. The first-order valence-electron chi connectivity index (χ1n) is 5.98. The summed E-state index contributed by atoms with van der Waals surface area (Å²) in [5.41, 5.74) is 1.08. The maximum absolute atomic E-state index is 8.49. The predicted octanol–water partition coefficient (Wildman–Crippen LogP) is -1.61. The number of allylic oxidation sites excluding steroid dienone is 1. The van der Waals surface area contributed by atoms with Gasteiger partial charge in [0.05, 0.1) is 5.03 Å². The molecule has 1 saturated heterocycles. The van der Waals surface area contributed by atoms with Crippen molar-refractivity contribution in [2.24, 2.45) is 0 Å². The Morgan fingerprint density at radius 3 is 2.05 bits per heavy atom. The molecule has 110 valence electrons. The average molecular weight is 320 g/mol. The Bertz CT molecular complexity index is 455. The Kier molecular flexibility index (Phi) is 7.15. The second-order valence-corrected chi connectivity index (χ2v) is 5.31. The summed E-state index contributed by atoms with van der Waals surface area (Å²) in [6.45, 7) is 2.32. The fourth-order valence-corrected chi connectivity index (χ4v) is 1.94. The molecule has 1 aliphatic heterocycles. The average Bonchev–Trinajstić information content (AvgIpc) is 2.88. The second-order valence-electron chi connectivity index (χ2n) is 4.15. The van der Waals surface area contributed by atoms with Gasteiger partial charge in [0.2, 0.25) is 0 Å². The largest absolute Gasteiger partial charge is 0.236 e. The van der Waals surface area contributed by atoms with E-state index < -0.39 is 10.2 Å². The molecule has 0 atom stereocenters. The van der Waals surface area contributed by atoms with Crippen LogP contribution in [0.3, 0.4) is 0 Å². The van der Waals surface area contributed by atoms with Crippen LogP contribution in [0.25, 0.3) is 5.03 Å². The van der Waals surface area contributed by atoms with Crippen LogP contribution in [0.5, 0.6) is 0 Å². The second kappa shape index (κ2) is 8.36. The van der Waals surface area contributed by atoms with Gasteiger partial charge in [-0.1, -0.05) is 41.9 Å². The van der Waals surface area contributed by atoms with Crippen molar-refractivity contribution in [1.82, 2.24) is 0 Å². The van der Waals surface area contributed by atoms with E-state index in [1.165, 1.54) is 12.8 Å². The Labute approximate surface area is 124 Å². The van der Waals surface area contributed by atoms with Crippen LogP contribution >= 0.6 is 11.6 Å². The van der Waals surface area contributed by atoms with Gasteiger partial charge in [-0.2, -0.15) is 0 Å². The van der Waals surface area contributed by atoms with Crippen molar-refractivity contribution in [2.45, 2.75) is 12.8 Å². The zero-order valence-corrected chi connectivity index (χ0v) is 12.2. The molecule has 0 amide bonds. The highest BCUT2D eigenvalue weighted by Crippen LogP contribution is 2.17. The third kappa shape index (κ3) is 8.27. The van der Waals surface area contributed by atoms with E-state index in [9.17, 15) is 0 Å². The summed E-state index contributed by atoms with van der Waals surface area (Å²) in [6, 6.07) is 10.0. The van der Waals surface area contributed by atoms with Gasteiger partial charge in [0.15, 0.2) is 6.21 Å². The molecule has 0 spiro atoms. The van der Waals surface area contributed by atoms with Crippen LogP contribution in [0.2, 0.25) is 0 Å². The van der Waals surface area contributed by atoms with Gasteiger partial charge in [0.25, 0.3) is 0 Å². The summed E-state index contributed by atoms with van der Waals surface area (Å²) in [5, 5.41) is 0.808. The molecule has 1 heterocycles. The Hall–Kier alpha value is -0.950. The third-order valence-corrected chi connectivity index (χ3v) is 2.97. The summed E-state index contributed by atoms with van der Waals surface area (Å²) in [6.07, 6.45) is 6.69. The lowest BCUT2D eigenvalue weighted by molar-refractivity contribution is -2.00. The highest BCUT2D eigenvalue weighted by Gasteiger charge is 2.10. The molecule has 0 radical (unpaired) electrons. The molecule has 0 N–H and O–H groups in total. The lowest BCUT2D eigenvalue weighted by Gasteiger charge is -2.17. The minimum Gasteiger partial charge on any atom is -0.236 e. The Morgan fingerprint density at radius 1 is 1.05 bits per heavy atom. The molecule has 0 aromatic heterocycles. The molecule has 1 fully saturated rings. The van der Waals surface area contributed by atoms with Crippen molar-refractivity contribution >= 4 is 22.8 Å². The van der Waals surface area contributed by atoms with E-state index in [2.05, 4.69) is 10.8 Å². The summed E-state index contributed by atoms with van der Waals surface area (Å²) < 4.78 is 36.3. The molecule has 0 unspecified atom stereocenters. The van der Waals surface area contributed by atoms with E-state index >= 15 is 0 Å². The van der Waals surface area contributed by atoms with Crippen molar-refractivity contribution in [2.75, 3.05) is 13.1 Å². The number of halogens is 2. The lowest BCUT2D eigenvalue weighted by Crippen LogP contribution is -2.68.